The van der Waals surface area contributed by atoms with Crippen LogP contribution in [-0.2, 0) is 0 Å². The molecule has 0 fully saturated rings. The van der Waals surface area contributed by atoms with Crippen LogP contribution in [0, 0.1) is 26.9 Å². The fourth-order valence-corrected chi connectivity index (χ4v) is 2.32. The van der Waals surface area contributed by atoms with Crippen molar-refractivity contribution in [3.63, 3.8) is 0 Å². The Kier molecular flexibility index (Phi) is 4.53. The molecule has 5 heteroatoms. The Morgan fingerprint density at radius 2 is 2.00 bits per heavy atom. The zero-order chi connectivity index (χ0) is 12.9. The Balaban J connectivity index is 2.49. The van der Waals surface area contributed by atoms with Crippen LogP contribution >= 0.6 is 11.8 Å². The number of nitro groups is 1. The van der Waals surface area contributed by atoms with E-state index in [0.717, 1.165) is 17.1 Å². The van der Waals surface area contributed by atoms with Gasteiger partial charge in [-0.2, -0.15) is 5.26 Å². The first kappa shape index (κ1) is 13.5. The first-order chi connectivity index (χ1) is 7.94. The minimum Gasteiger partial charge on any atom is -0.258 e. The molecule has 0 radical (unpaired) electrons. The van der Waals surface area contributed by atoms with Gasteiger partial charge in [0, 0.05) is 17.0 Å². The largest absolute Gasteiger partial charge is 0.269 e. The molecule has 1 aromatic carbocycles. The van der Waals surface area contributed by atoms with Gasteiger partial charge < -0.3 is 0 Å². The molecule has 0 N–H and O–H groups in total. The van der Waals surface area contributed by atoms with Gasteiger partial charge in [0.25, 0.3) is 5.69 Å². The molecule has 0 unspecified atom stereocenters. The average molecular weight is 250 g/mol. The van der Waals surface area contributed by atoms with Gasteiger partial charge in [-0.3, -0.25) is 10.1 Å². The maximum atomic E-state index is 10.5. The Morgan fingerprint density at radius 1 is 1.41 bits per heavy atom. The van der Waals surface area contributed by atoms with Crippen LogP contribution < -0.4 is 0 Å². The van der Waals surface area contributed by atoms with Crippen molar-refractivity contribution in [2.45, 2.75) is 25.2 Å². The Bertz CT molecular complexity index is 435. The van der Waals surface area contributed by atoms with E-state index in [4.69, 9.17) is 5.26 Å². The van der Waals surface area contributed by atoms with E-state index < -0.39 is 4.92 Å². The van der Waals surface area contributed by atoms with Crippen LogP contribution in [0.3, 0.4) is 0 Å². The second-order valence-electron chi connectivity index (χ2n) is 4.35. The molecule has 17 heavy (non-hydrogen) atoms. The van der Waals surface area contributed by atoms with E-state index in [9.17, 15) is 10.1 Å². The third-order valence-electron chi connectivity index (χ3n) is 2.35. The van der Waals surface area contributed by atoms with Crippen LogP contribution in [0.4, 0.5) is 5.69 Å². The monoisotopic (exact) mass is 250 g/mol. The van der Waals surface area contributed by atoms with Crippen LogP contribution in [-0.4, -0.2) is 10.7 Å². The van der Waals surface area contributed by atoms with Crippen molar-refractivity contribution in [3.05, 3.63) is 34.4 Å². The molecule has 0 saturated carbocycles. The summed E-state index contributed by atoms with van der Waals surface area (Å²) in [5.74, 6) is 0.832. The number of hydrogen-bond donors (Lipinski definition) is 0. The predicted octanol–water partition coefficient (Wildman–Crippen LogP) is 3.63. The molecule has 90 valence electrons. The first-order valence-electron chi connectivity index (χ1n) is 5.23. The van der Waals surface area contributed by atoms with Crippen molar-refractivity contribution in [2.24, 2.45) is 5.41 Å². The Morgan fingerprint density at radius 3 is 2.47 bits per heavy atom. The molecule has 0 atom stereocenters. The van der Waals surface area contributed by atoms with E-state index in [1.54, 1.807) is 23.9 Å². The Hall–Kier alpha value is -1.54. The number of hydrogen-bond acceptors (Lipinski definition) is 4. The summed E-state index contributed by atoms with van der Waals surface area (Å²) >= 11 is 1.61. The zero-order valence-corrected chi connectivity index (χ0v) is 10.7. The molecule has 0 heterocycles. The number of non-ortho nitro benzene ring substituents is 1. The van der Waals surface area contributed by atoms with Gasteiger partial charge in [0.1, 0.15) is 0 Å². The number of nitro benzene ring substituents is 1. The molecule has 0 bridgehead atoms. The predicted molar refractivity (Wildman–Crippen MR) is 67.8 cm³/mol. The standard InChI is InChI=1S/C12H14N2O2S/c1-12(2,9-13)7-8-17-11-5-3-10(4-6-11)14(15)16/h3-6H,7-8H2,1-2H3. The molecular formula is C12H14N2O2S. The molecule has 0 spiro atoms. The zero-order valence-electron chi connectivity index (χ0n) is 9.84. The lowest BCUT2D eigenvalue weighted by Crippen LogP contribution is -2.08. The Labute approximate surface area is 105 Å². The van der Waals surface area contributed by atoms with Crippen molar-refractivity contribution in [2.75, 3.05) is 5.75 Å². The number of nitrogens with zero attached hydrogens (tertiary/aromatic N) is 2. The first-order valence-corrected chi connectivity index (χ1v) is 6.22. The summed E-state index contributed by atoms with van der Waals surface area (Å²) < 4.78 is 0. The average Bonchev–Trinajstić information content (AvgIpc) is 2.29. The summed E-state index contributed by atoms with van der Waals surface area (Å²) in [6, 6.07) is 8.72. The summed E-state index contributed by atoms with van der Waals surface area (Å²) in [7, 11) is 0. The van der Waals surface area contributed by atoms with Gasteiger partial charge in [-0.05, 0) is 38.2 Å². The van der Waals surface area contributed by atoms with E-state index in [-0.39, 0.29) is 11.1 Å². The third kappa shape index (κ3) is 4.45. The van der Waals surface area contributed by atoms with Gasteiger partial charge in [0.15, 0.2) is 0 Å². The minimum absolute atomic E-state index is 0.103. The highest BCUT2D eigenvalue weighted by atomic mass is 32.2. The molecule has 1 aromatic rings. The van der Waals surface area contributed by atoms with Crippen molar-refractivity contribution < 1.29 is 4.92 Å². The van der Waals surface area contributed by atoms with E-state index in [0.29, 0.717) is 0 Å². The molecule has 0 aromatic heterocycles. The molecule has 1 rings (SSSR count). The maximum Gasteiger partial charge on any atom is 0.269 e. The van der Waals surface area contributed by atoms with Crippen molar-refractivity contribution in [1.82, 2.24) is 0 Å². The SMILES string of the molecule is CC(C)(C#N)CCSc1ccc([N+](=O)[O-])cc1. The number of rotatable bonds is 5. The van der Waals surface area contributed by atoms with E-state index >= 15 is 0 Å². The van der Waals surface area contributed by atoms with Crippen LogP contribution in [0.15, 0.2) is 29.2 Å². The fraction of sp³-hybridized carbons (Fsp3) is 0.417. The number of thioether (sulfide) groups is 1. The highest BCUT2D eigenvalue weighted by Gasteiger charge is 2.15. The second kappa shape index (κ2) is 5.69. The quantitative estimate of drug-likeness (QED) is 0.454. The van der Waals surface area contributed by atoms with Gasteiger partial charge in [0.05, 0.1) is 16.4 Å². The number of benzene rings is 1. The molecule has 0 aliphatic rings. The molecular weight excluding hydrogens is 236 g/mol. The molecule has 0 aliphatic carbocycles. The van der Waals surface area contributed by atoms with E-state index in [1.807, 2.05) is 13.8 Å². The molecule has 4 nitrogen and oxygen atoms in total. The van der Waals surface area contributed by atoms with Gasteiger partial charge in [-0.15, -0.1) is 11.8 Å². The van der Waals surface area contributed by atoms with Crippen molar-refractivity contribution >= 4 is 17.4 Å². The summed E-state index contributed by atoms with van der Waals surface area (Å²) in [5, 5.41) is 19.3. The van der Waals surface area contributed by atoms with Gasteiger partial charge >= 0.3 is 0 Å². The van der Waals surface area contributed by atoms with Gasteiger partial charge in [-0.25, -0.2) is 0 Å². The fourth-order valence-electron chi connectivity index (χ4n) is 1.14. The van der Waals surface area contributed by atoms with Crippen LogP contribution in [0.1, 0.15) is 20.3 Å². The molecule has 0 aliphatic heterocycles. The van der Waals surface area contributed by atoms with Crippen molar-refractivity contribution in [3.8, 4) is 6.07 Å². The minimum atomic E-state index is -0.409. The smallest absolute Gasteiger partial charge is 0.258 e. The van der Waals surface area contributed by atoms with E-state index in [1.165, 1.54) is 12.1 Å². The lowest BCUT2D eigenvalue weighted by atomic mass is 9.93. The van der Waals surface area contributed by atoms with Gasteiger partial charge in [-0.1, -0.05) is 0 Å². The van der Waals surface area contributed by atoms with Gasteiger partial charge in [0.2, 0.25) is 0 Å². The topological polar surface area (TPSA) is 66.9 Å². The van der Waals surface area contributed by atoms with Crippen LogP contribution in [0.2, 0.25) is 0 Å². The van der Waals surface area contributed by atoms with E-state index in [2.05, 4.69) is 6.07 Å². The third-order valence-corrected chi connectivity index (χ3v) is 3.36. The number of nitriles is 1. The second-order valence-corrected chi connectivity index (χ2v) is 5.51. The summed E-state index contributed by atoms with van der Waals surface area (Å²) in [4.78, 5) is 11.0. The highest BCUT2D eigenvalue weighted by molar-refractivity contribution is 7.99. The normalized spacial score (nSPS) is 10.9. The van der Waals surface area contributed by atoms with Crippen LogP contribution in [0.25, 0.3) is 0 Å². The summed E-state index contributed by atoms with van der Waals surface area (Å²) in [6.45, 7) is 3.81. The summed E-state index contributed by atoms with van der Waals surface area (Å²) in [5.41, 5.74) is -0.208. The maximum absolute atomic E-state index is 10.5. The summed E-state index contributed by atoms with van der Waals surface area (Å²) in [6.07, 6.45) is 0.797. The highest BCUT2D eigenvalue weighted by Crippen LogP contribution is 2.26. The lowest BCUT2D eigenvalue weighted by molar-refractivity contribution is -0.384. The van der Waals surface area contributed by atoms with Crippen molar-refractivity contribution in [1.29, 1.82) is 5.26 Å². The molecule has 0 saturated heterocycles. The molecule has 0 amide bonds. The lowest BCUT2D eigenvalue weighted by Gasteiger charge is -2.13. The van der Waals surface area contributed by atoms with Crippen LogP contribution in [0.5, 0.6) is 0 Å².